The Kier molecular flexibility index (Phi) is 6.65. The van der Waals surface area contributed by atoms with E-state index in [9.17, 15) is 20.1 Å². The number of rotatable bonds is 8. The van der Waals surface area contributed by atoms with Crippen molar-refractivity contribution in [3.05, 3.63) is 0 Å². The number of nitrogens with one attached hydrogen (secondary N) is 1. The van der Waals surface area contributed by atoms with Crippen molar-refractivity contribution in [2.24, 2.45) is 0 Å². The lowest BCUT2D eigenvalue weighted by Crippen LogP contribution is -2.62. The molecule has 0 aromatic carbocycles. The molecule has 0 amide bonds. The number of aliphatic hydroxyl groups excluding tert-OH is 4. The van der Waals surface area contributed by atoms with Gasteiger partial charge in [0.2, 0.25) is 0 Å². The van der Waals surface area contributed by atoms with Crippen LogP contribution in [0.4, 0.5) is 0 Å². The van der Waals surface area contributed by atoms with Crippen molar-refractivity contribution in [2.45, 2.75) is 36.5 Å². The van der Waals surface area contributed by atoms with Crippen LogP contribution in [0.3, 0.4) is 0 Å². The SMILES string of the molecule is CSCC[C@H](N[C@@]1(CO)O[C@H](CO)[C@@H](O)[C@@H]1O)C(=O)O. The number of aliphatic hydroxyl groups is 4. The van der Waals surface area contributed by atoms with Crippen LogP contribution in [0, 0.1) is 0 Å². The zero-order valence-corrected chi connectivity index (χ0v) is 11.9. The molecule has 1 saturated heterocycles. The molecule has 9 heteroatoms. The molecule has 1 heterocycles. The van der Waals surface area contributed by atoms with E-state index in [2.05, 4.69) is 5.32 Å². The molecule has 20 heavy (non-hydrogen) atoms. The molecule has 118 valence electrons. The van der Waals surface area contributed by atoms with Gasteiger partial charge in [0.15, 0.2) is 5.72 Å². The zero-order chi connectivity index (χ0) is 15.3. The fourth-order valence-corrected chi connectivity index (χ4v) is 2.59. The highest BCUT2D eigenvalue weighted by Crippen LogP contribution is 2.29. The molecule has 0 radical (unpaired) electrons. The lowest BCUT2D eigenvalue weighted by Gasteiger charge is -2.34. The summed E-state index contributed by atoms with van der Waals surface area (Å²) in [7, 11) is 0. The number of hydrogen-bond donors (Lipinski definition) is 6. The molecule has 1 aliphatic heterocycles. The van der Waals surface area contributed by atoms with Gasteiger partial charge in [0, 0.05) is 0 Å². The Balaban J connectivity index is 2.85. The summed E-state index contributed by atoms with van der Waals surface area (Å²) >= 11 is 1.46. The normalized spacial score (nSPS) is 35.1. The van der Waals surface area contributed by atoms with Crippen LogP contribution >= 0.6 is 11.8 Å². The van der Waals surface area contributed by atoms with Crippen molar-refractivity contribution in [3.63, 3.8) is 0 Å². The van der Waals surface area contributed by atoms with E-state index in [0.29, 0.717) is 5.75 Å². The van der Waals surface area contributed by atoms with E-state index >= 15 is 0 Å². The molecule has 5 atom stereocenters. The van der Waals surface area contributed by atoms with Crippen LogP contribution in [0.2, 0.25) is 0 Å². The summed E-state index contributed by atoms with van der Waals surface area (Å²) in [5.74, 6) is -0.585. The van der Waals surface area contributed by atoms with Gasteiger partial charge in [-0.25, -0.2) is 0 Å². The van der Waals surface area contributed by atoms with Gasteiger partial charge in [-0.05, 0) is 18.4 Å². The standard InChI is InChI=1S/C11H21NO7S/c1-20-3-2-6(10(17)18)12-11(5-14)9(16)8(15)7(4-13)19-11/h6-9,12-16H,2-5H2,1H3,(H,17,18)/t6-,7+,8+,9-,11-/m0/s1. The third-order valence-electron chi connectivity index (χ3n) is 3.29. The van der Waals surface area contributed by atoms with Crippen LogP contribution in [0.1, 0.15) is 6.42 Å². The first kappa shape index (κ1) is 17.6. The van der Waals surface area contributed by atoms with Gasteiger partial charge in [-0.15, -0.1) is 0 Å². The third kappa shape index (κ3) is 3.61. The Morgan fingerprint density at radius 3 is 2.50 bits per heavy atom. The third-order valence-corrected chi connectivity index (χ3v) is 3.93. The molecule has 0 saturated carbocycles. The first-order valence-corrected chi connectivity index (χ1v) is 7.56. The molecule has 0 unspecified atom stereocenters. The minimum atomic E-state index is -1.80. The maximum atomic E-state index is 11.2. The molecule has 0 aliphatic carbocycles. The quantitative estimate of drug-likeness (QED) is 0.289. The van der Waals surface area contributed by atoms with Gasteiger partial charge < -0.3 is 30.3 Å². The molecule has 0 spiro atoms. The first-order chi connectivity index (χ1) is 9.41. The number of ether oxygens (including phenoxy) is 1. The van der Waals surface area contributed by atoms with Gasteiger partial charge >= 0.3 is 5.97 Å². The minimum absolute atomic E-state index is 0.258. The molecule has 1 fully saturated rings. The van der Waals surface area contributed by atoms with E-state index < -0.39 is 49.3 Å². The van der Waals surface area contributed by atoms with Gasteiger partial charge in [0.1, 0.15) is 24.4 Å². The second-order valence-electron chi connectivity index (χ2n) is 4.64. The van der Waals surface area contributed by atoms with Crippen LogP contribution in [0.15, 0.2) is 0 Å². The molecule has 0 bridgehead atoms. The topological polar surface area (TPSA) is 139 Å². The number of hydrogen-bond acceptors (Lipinski definition) is 8. The number of carbonyl (C=O) groups is 1. The van der Waals surface area contributed by atoms with Crippen molar-refractivity contribution in [1.29, 1.82) is 0 Å². The smallest absolute Gasteiger partial charge is 0.320 e. The van der Waals surface area contributed by atoms with Gasteiger partial charge in [-0.3, -0.25) is 10.1 Å². The Morgan fingerprint density at radius 1 is 1.45 bits per heavy atom. The van der Waals surface area contributed by atoms with Gasteiger partial charge in [0.25, 0.3) is 0 Å². The van der Waals surface area contributed by atoms with Crippen molar-refractivity contribution >= 4 is 17.7 Å². The summed E-state index contributed by atoms with van der Waals surface area (Å²) in [5, 5.41) is 49.8. The summed E-state index contributed by atoms with van der Waals surface area (Å²) in [6.45, 7) is -1.28. The molecular weight excluding hydrogens is 290 g/mol. The average molecular weight is 311 g/mol. The second kappa shape index (κ2) is 7.55. The predicted molar refractivity (Wildman–Crippen MR) is 71.3 cm³/mol. The highest BCUT2D eigenvalue weighted by Gasteiger charge is 2.54. The maximum Gasteiger partial charge on any atom is 0.320 e. The second-order valence-corrected chi connectivity index (χ2v) is 5.62. The van der Waals surface area contributed by atoms with E-state index in [1.54, 1.807) is 0 Å². The monoisotopic (exact) mass is 311 g/mol. The minimum Gasteiger partial charge on any atom is -0.480 e. The van der Waals surface area contributed by atoms with Gasteiger partial charge in [0.05, 0.1) is 13.2 Å². The molecule has 0 aromatic heterocycles. The van der Waals surface area contributed by atoms with Crippen LogP contribution < -0.4 is 5.32 Å². The van der Waals surface area contributed by atoms with E-state index in [1.165, 1.54) is 11.8 Å². The van der Waals surface area contributed by atoms with Crippen LogP contribution in [0.25, 0.3) is 0 Å². The summed E-state index contributed by atoms with van der Waals surface area (Å²) in [5.41, 5.74) is -1.80. The Bertz CT molecular complexity index is 332. The highest BCUT2D eigenvalue weighted by molar-refractivity contribution is 7.98. The highest BCUT2D eigenvalue weighted by atomic mass is 32.2. The molecular formula is C11H21NO7S. The van der Waals surface area contributed by atoms with Crippen LogP contribution in [0.5, 0.6) is 0 Å². The average Bonchev–Trinajstić information content (AvgIpc) is 2.68. The van der Waals surface area contributed by atoms with Crippen molar-refractivity contribution < 1.29 is 35.1 Å². The van der Waals surface area contributed by atoms with E-state index in [-0.39, 0.29) is 6.42 Å². The zero-order valence-electron chi connectivity index (χ0n) is 11.1. The first-order valence-electron chi connectivity index (χ1n) is 6.17. The lowest BCUT2D eigenvalue weighted by molar-refractivity contribution is -0.158. The Hall–Kier alpha value is -0.420. The van der Waals surface area contributed by atoms with Crippen LogP contribution in [-0.4, -0.2) is 86.8 Å². The van der Waals surface area contributed by atoms with Gasteiger partial charge in [-0.1, -0.05) is 0 Å². The van der Waals surface area contributed by atoms with Gasteiger partial charge in [-0.2, -0.15) is 11.8 Å². The molecule has 1 rings (SSSR count). The number of aliphatic carboxylic acids is 1. The van der Waals surface area contributed by atoms with Crippen molar-refractivity contribution in [3.8, 4) is 0 Å². The fraction of sp³-hybridized carbons (Fsp3) is 0.909. The Morgan fingerprint density at radius 2 is 2.10 bits per heavy atom. The summed E-state index contributed by atoms with van der Waals surface area (Å²) < 4.78 is 5.25. The van der Waals surface area contributed by atoms with E-state index in [1.807, 2.05) is 6.26 Å². The summed E-state index contributed by atoms with van der Waals surface area (Å²) in [4.78, 5) is 11.2. The molecule has 6 N–H and O–H groups in total. The maximum absolute atomic E-state index is 11.2. The van der Waals surface area contributed by atoms with Crippen molar-refractivity contribution in [2.75, 3.05) is 25.2 Å². The predicted octanol–water partition coefficient (Wildman–Crippen LogP) is -2.42. The summed E-state index contributed by atoms with van der Waals surface area (Å²) in [6, 6.07) is -1.05. The van der Waals surface area contributed by atoms with Crippen molar-refractivity contribution in [1.82, 2.24) is 5.32 Å². The number of thioether (sulfide) groups is 1. The molecule has 8 nitrogen and oxygen atoms in total. The number of carboxylic acid groups (broad SMARTS) is 1. The fourth-order valence-electron chi connectivity index (χ4n) is 2.12. The number of carboxylic acids is 1. The lowest BCUT2D eigenvalue weighted by atomic mass is 10.0. The molecule has 0 aromatic rings. The van der Waals surface area contributed by atoms with Crippen LogP contribution in [-0.2, 0) is 9.53 Å². The van der Waals surface area contributed by atoms with E-state index in [0.717, 1.165) is 0 Å². The summed E-state index contributed by atoms with van der Waals surface area (Å²) in [6.07, 6.45) is -1.95. The van der Waals surface area contributed by atoms with E-state index in [4.69, 9.17) is 14.9 Å². The molecule has 1 aliphatic rings. The Labute approximate surface area is 120 Å². The largest absolute Gasteiger partial charge is 0.480 e.